The Balaban J connectivity index is 1.65. The third kappa shape index (κ3) is 4.80. The predicted molar refractivity (Wildman–Crippen MR) is 104 cm³/mol. The molecule has 25 heavy (non-hydrogen) atoms. The Hall–Kier alpha value is -1.92. The van der Waals surface area contributed by atoms with Gasteiger partial charge in [-0.05, 0) is 13.3 Å². The van der Waals surface area contributed by atoms with E-state index in [0.29, 0.717) is 12.5 Å². The van der Waals surface area contributed by atoms with Gasteiger partial charge in [0.15, 0.2) is 5.96 Å². The van der Waals surface area contributed by atoms with Crippen LogP contribution in [0, 0.1) is 5.92 Å². The largest absolute Gasteiger partial charge is 0.384 e. The topological polar surface area (TPSA) is 49.8 Å². The van der Waals surface area contributed by atoms with Crippen LogP contribution in [-0.2, 0) is 11.3 Å². The van der Waals surface area contributed by atoms with E-state index in [1.54, 1.807) is 18.4 Å². The van der Waals surface area contributed by atoms with E-state index in [-0.39, 0.29) is 0 Å². The molecule has 1 saturated heterocycles. The Morgan fingerprint density at radius 1 is 1.40 bits per heavy atom. The fourth-order valence-electron chi connectivity index (χ4n) is 3.07. The van der Waals surface area contributed by atoms with Crippen molar-refractivity contribution >= 4 is 17.3 Å². The molecule has 5 nitrogen and oxygen atoms in total. The molecule has 6 heteroatoms. The molecule has 0 spiro atoms. The van der Waals surface area contributed by atoms with E-state index in [1.807, 2.05) is 18.2 Å². The van der Waals surface area contributed by atoms with Gasteiger partial charge in [0.05, 0.1) is 18.8 Å². The summed E-state index contributed by atoms with van der Waals surface area (Å²) in [6.45, 7) is 6.45. The molecule has 1 N–H and O–H groups in total. The maximum absolute atomic E-state index is 5.29. The number of hydrogen-bond acceptors (Lipinski definition) is 4. The van der Waals surface area contributed by atoms with Crippen molar-refractivity contribution in [1.29, 1.82) is 0 Å². The summed E-state index contributed by atoms with van der Waals surface area (Å²) in [6, 6.07) is 10.3. The first-order valence-electron chi connectivity index (χ1n) is 8.82. The Morgan fingerprint density at radius 3 is 3.00 bits per heavy atom. The fraction of sp³-hybridized carbons (Fsp3) is 0.474. The summed E-state index contributed by atoms with van der Waals surface area (Å²) in [5, 5.41) is 6.56. The predicted octanol–water partition coefficient (Wildman–Crippen LogP) is 3.24. The van der Waals surface area contributed by atoms with Gasteiger partial charge in [-0.1, -0.05) is 30.3 Å². The maximum atomic E-state index is 5.29. The van der Waals surface area contributed by atoms with Crippen molar-refractivity contribution in [2.45, 2.75) is 19.9 Å². The lowest BCUT2D eigenvalue weighted by Gasteiger charge is -2.21. The van der Waals surface area contributed by atoms with Crippen LogP contribution >= 0.6 is 11.3 Å². The van der Waals surface area contributed by atoms with Gasteiger partial charge in [0.2, 0.25) is 0 Å². The van der Waals surface area contributed by atoms with Gasteiger partial charge in [0, 0.05) is 43.6 Å². The number of aromatic nitrogens is 1. The number of methoxy groups -OCH3 is 1. The molecular formula is C19H26N4OS. The summed E-state index contributed by atoms with van der Waals surface area (Å²) in [5.74, 6) is 1.58. The van der Waals surface area contributed by atoms with Gasteiger partial charge in [-0.15, -0.1) is 11.3 Å². The highest BCUT2D eigenvalue weighted by Crippen LogP contribution is 2.23. The van der Waals surface area contributed by atoms with E-state index >= 15 is 0 Å². The van der Waals surface area contributed by atoms with Crippen LogP contribution in [0.15, 0.2) is 40.7 Å². The second-order valence-electron chi connectivity index (χ2n) is 6.24. The molecule has 1 aromatic carbocycles. The van der Waals surface area contributed by atoms with Crippen LogP contribution in [-0.4, -0.2) is 49.2 Å². The molecule has 1 fully saturated rings. The number of thiazole rings is 1. The van der Waals surface area contributed by atoms with E-state index < -0.39 is 0 Å². The normalized spacial score (nSPS) is 17.9. The highest BCUT2D eigenvalue weighted by Gasteiger charge is 2.24. The fourth-order valence-corrected chi connectivity index (χ4v) is 3.89. The first kappa shape index (κ1) is 17.9. The highest BCUT2D eigenvalue weighted by molar-refractivity contribution is 7.13. The van der Waals surface area contributed by atoms with Crippen LogP contribution in [0.2, 0.25) is 0 Å². The zero-order valence-corrected chi connectivity index (χ0v) is 15.8. The smallest absolute Gasteiger partial charge is 0.194 e. The van der Waals surface area contributed by atoms with Crippen LogP contribution in [0.1, 0.15) is 19.0 Å². The molecular weight excluding hydrogens is 332 g/mol. The molecule has 1 unspecified atom stereocenters. The summed E-state index contributed by atoms with van der Waals surface area (Å²) in [7, 11) is 1.77. The second kappa shape index (κ2) is 8.97. The van der Waals surface area contributed by atoms with Gasteiger partial charge < -0.3 is 15.0 Å². The van der Waals surface area contributed by atoms with Gasteiger partial charge >= 0.3 is 0 Å². The number of likely N-dealkylation sites (tertiary alicyclic amines) is 1. The summed E-state index contributed by atoms with van der Waals surface area (Å²) in [4.78, 5) is 11.9. The lowest BCUT2D eigenvalue weighted by Crippen LogP contribution is -2.40. The molecule has 134 valence electrons. The quantitative estimate of drug-likeness (QED) is 0.636. The maximum Gasteiger partial charge on any atom is 0.194 e. The molecule has 0 amide bonds. The number of hydrogen-bond donors (Lipinski definition) is 1. The third-order valence-electron chi connectivity index (χ3n) is 4.29. The van der Waals surface area contributed by atoms with Crippen molar-refractivity contribution < 1.29 is 4.74 Å². The van der Waals surface area contributed by atoms with Gasteiger partial charge in [-0.25, -0.2) is 9.98 Å². The third-order valence-corrected chi connectivity index (χ3v) is 5.23. The Labute approximate surface area is 153 Å². The first-order valence-corrected chi connectivity index (χ1v) is 9.70. The minimum Gasteiger partial charge on any atom is -0.384 e. The summed E-state index contributed by atoms with van der Waals surface area (Å²) in [6.07, 6.45) is 1.16. The van der Waals surface area contributed by atoms with E-state index in [4.69, 9.17) is 14.7 Å². The molecule has 1 aliphatic heterocycles. The molecule has 0 radical (unpaired) electrons. The molecule has 1 aliphatic rings. The summed E-state index contributed by atoms with van der Waals surface area (Å²) < 4.78 is 5.29. The van der Waals surface area contributed by atoms with Crippen LogP contribution in [0.4, 0.5) is 0 Å². The van der Waals surface area contributed by atoms with E-state index in [1.165, 1.54) is 0 Å². The standard InChI is InChI=1S/C19H26N4OS/c1-3-20-19(23-10-9-15(12-23)13-24-2)21-11-17-14-25-18(22-17)16-7-5-4-6-8-16/h4-8,14-15H,3,9-13H2,1-2H3,(H,20,21). The SMILES string of the molecule is CCNC(=NCc1csc(-c2ccccc2)n1)N1CCC(COC)C1. The molecule has 3 rings (SSSR count). The van der Waals surface area contributed by atoms with Crippen molar-refractivity contribution in [1.82, 2.24) is 15.2 Å². The van der Waals surface area contributed by atoms with Crippen molar-refractivity contribution in [2.75, 3.05) is 33.4 Å². The van der Waals surface area contributed by atoms with E-state index in [2.05, 4.69) is 34.7 Å². The molecule has 2 heterocycles. The lowest BCUT2D eigenvalue weighted by molar-refractivity contribution is 0.157. The molecule has 0 bridgehead atoms. The van der Waals surface area contributed by atoms with Crippen molar-refractivity contribution in [3.8, 4) is 10.6 Å². The summed E-state index contributed by atoms with van der Waals surface area (Å²) >= 11 is 1.68. The zero-order chi connectivity index (χ0) is 17.5. The first-order chi connectivity index (χ1) is 12.3. The number of nitrogens with one attached hydrogen (secondary N) is 1. The van der Waals surface area contributed by atoms with Crippen molar-refractivity contribution in [3.63, 3.8) is 0 Å². The number of guanidine groups is 1. The Morgan fingerprint density at radius 2 is 2.24 bits per heavy atom. The molecule has 1 aromatic heterocycles. The van der Waals surface area contributed by atoms with E-state index in [0.717, 1.165) is 54.9 Å². The zero-order valence-electron chi connectivity index (χ0n) is 14.9. The van der Waals surface area contributed by atoms with Crippen LogP contribution in [0.3, 0.4) is 0 Å². The molecule has 0 aliphatic carbocycles. The van der Waals surface area contributed by atoms with E-state index in [9.17, 15) is 0 Å². The number of aliphatic imine (C=N–C) groups is 1. The van der Waals surface area contributed by atoms with Crippen LogP contribution < -0.4 is 5.32 Å². The van der Waals surface area contributed by atoms with Crippen LogP contribution in [0.25, 0.3) is 10.6 Å². The van der Waals surface area contributed by atoms with Gasteiger partial charge in [-0.3, -0.25) is 0 Å². The number of nitrogens with zero attached hydrogens (tertiary/aromatic N) is 3. The minimum absolute atomic E-state index is 0.595. The molecule has 1 atom stereocenters. The lowest BCUT2D eigenvalue weighted by atomic mass is 10.1. The van der Waals surface area contributed by atoms with Gasteiger partial charge in [-0.2, -0.15) is 0 Å². The number of ether oxygens (including phenoxy) is 1. The Bertz CT molecular complexity index is 686. The van der Waals surface area contributed by atoms with Crippen molar-refractivity contribution in [3.05, 3.63) is 41.4 Å². The second-order valence-corrected chi connectivity index (χ2v) is 7.09. The number of rotatable bonds is 6. The molecule has 2 aromatic rings. The summed E-state index contributed by atoms with van der Waals surface area (Å²) in [5.41, 5.74) is 2.18. The minimum atomic E-state index is 0.595. The average Bonchev–Trinajstić information content (AvgIpc) is 3.29. The van der Waals surface area contributed by atoms with Crippen LogP contribution in [0.5, 0.6) is 0 Å². The van der Waals surface area contributed by atoms with Gasteiger partial charge in [0.25, 0.3) is 0 Å². The number of benzene rings is 1. The van der Waals surface area contributed by atoms with Gasteiger partial charge in [0.1, 0.15) is 5.01 Å². The monoisotopic (exact) mass is 358 g/mol. The molecule has 0 saturated carbocycles. The average molecular weight is 359 g/mol. The Kier molecular flexibility index (Phi) is 6.42. The van der Waals surface area contributed by atoms with Crippen molar-refractivity contribution in [2.24, 2.45) is 10.9 Å². The highest BCUT2D eigenvalue weighted by atomic mass is 32.1.